The molecule has 15 heavy (non-hydrogen) atoms. The molecule has 0 aromatic carbocycles. The quantitative estimate of drug-likeness (QED) is 0.658. The zero-order chi connectivity index (χ0) is 10.9. The van der Waals surface area contributed by atoms with Gasteiger partial charge >= 0.3 is 6.03 Å². The summed E-state index contributed by atoms with van der Waals surface area (Å²) in [6, 6.07) is 0.0592. The van der Waals surface area contributed by atoms with E-state index in [1.54, 1.807) is 10.5 Å². The predicted molar refractivity (Wildman–Crippen MR) is 60.7 cm³/mol. The second kappa shape index (κ2) is 3.87. The maximum atomic E-state index is 11.4. The summed E-state index contributed by atoms with van der Waals surface area (Å²) < 4.78 is 0. The molecule has 0 aromatic rings. The summed E-state index contributed by atoms with van der Waals surface area (Å²) >= 11 is 0. The van der Waals surface area contributed by atoms with Crippen molar-refractivity contribution in [1.82, 2.24) is 10.2 Å². The summed E-state index contributed by atoms with van der Waals surface area (Å²) in [7, 11) is 1.87. The summed E-state index contributed by atoms with van der Waals surface area (Å²) in [5, 5.41) is 2.97. The third-order valence-corrected chi connectivity index (χ3v) is 3.63. The van der Waals surface area contributed by atoms with Crippen molar-refractivity contribution in [1.29, 1.82) is 0 Å². The van der Waals surface area contributed by atoms with E-state index in [0.717, 1.165) is 13.1 Å². The summed E-state index contributed by atoms with van der Waals surface area (Å²) in [4.78, 5) is 13.2. The second-order valence-corrected chi connectivity index (χ2v) is 5.05. The highest BCUT2D eigenvalue weighted by molar-refractivity contribution is 5.75. The SMILES string of the molecule is CN1C[C@](C)(C2=CCCCC2)CNC1=O. The Labute approximate surface area is 91.5 Å². The minimum absolute atomic E-state index is 0.0592. The molecule has 3 nitrogen and oxygen atoms in total. The van der Waals surface area contributed by atoms with E-state index in [9.17, 15) is 4.79 Å². The van der Waals surface area contributed by atoms with Gasteiger partial charge in [-0.25, -0.2) is 4.79 Å². The van der Waals surface area contributed by atoms with Crippen molar-refractivity contribution in [2.45, 2.75) is 32.6 Å². The molecule has 1 saturated heterocycles. The average molecular weight is 208 g/mol. The topological polar surface area (TPSA) is 32.3 Å². The van der Waals surface area contributed by atoms with Crippen LogP contribution in [-0.4, -0.2) is 31.1 Å². The van der Waals surface area contributed by atoms with E-state index in [-0.39, 0.29) is 11.4 Å². The maximum Gasteiger partial charge on any atom is 0.317 e. The molecular weight excluding hydrogens is 188 g/mol. The number of hydrogen-bond acceptors (Lipinski definition) is 1. The molecule has 1 aliphatic carbocycles. The van der Waals surface area contributed by atoms with Gasteiger partial charge in [0.2, 0.25) is 0 Å². The summed E-state index contributed by atoms with van der Waals surface area (Å²) in [5.41, 5.74) is 1.70. The fraction of sp³-hybridized carbons (Fsp3) is 0.750. The number of carbonyl (C=O) groups excluding carboxylic acids is 1. The Morgan fingerprint density at radius 3 is 2.87 bits per heavy atom. The van der Waals surface area contributed by atoms with Crippen LogP contribution in [0.1, 0.15) is 32.6 Å². The fourth-order valence-corrected chi connectivity index (χ4v) is 2.66. The Hall–Kier alpha value is -0.990. The molecule has 1 heterocycles. The Morgan fingerprint density at radius 1 is 1.47 bits per heavy atom. The fourth-order valence-electron chi connectivity index (χ4n) is 2.66. The van der Waals surface area contributed by atoms with Crippen molar-refractivity contribution in [3.8, 4) is 0 Å². The Morgan fingerprint density at radius 2 is 2.27 bits per heavy atom. The first-order valence-electron chi connectivity index (χ1n) is 5.80. The van der Waals surface area contributed by atoms with Crippen LogP contribution in [0.5, 0.6) is 0 Å². The molecule has 84 valence electrons. The van der Waals surface area contributed by atoms with Gasteiger partial charge in [0.25, 0.3) is 0 Å². The largest absolute Gasteiger partial charge is 0.337 e. The van der Waals surface area contributed by atoms with Crippen LogP contribution < -0.4 is 5.32 Å². The second-order valence-electron chi connectivity index (χ2n) is 5.05. The van der Waals surface area contributed by atoms with Gasteiger partial charge in [-0.15, -0.1) is 0 Å². The van der Waals surface area contributed by atoms with E-state index in [2.05, 4.69) is 18.3 Å². The van der Waals surface area contributed by atoms with Crippen LogP contribution in [0.25, 0.3) is 0 Å². The number of amides is 2. The zero-order valence-corrected chi connectivity index (χ0v) is 9.68. The van der Waals surface area contributed by atoms with Crippen LogP contribution in [0.15, 0.2) is 11.6 Å². The van der Waals surface area contributed by atoms with Crippen molar-refractivity contribution in [2.75, 3.05) is 20.1 Å². The molecule has 2 rings (SSSR count). The lowest BCUT2D eigenvalue weighted by Gasteiger charge is -2.41. The first-order valence-corrected chi connectivity index (χ1v) is 5.80. The first kappa shape index (κ1) is 10.5. The lowest BCUT2D eigenvalue weighted by atomic mass is 9.75. The molecule has 0 unspecified atom stereocenters. The summed E-state index contributed by atoms with van der Waals surface area (Å²) in [5.74, 6) is 0. The molecule has 0 saturated carbocycles. The number of urea groups is 1. The van der Waals surface area contributed by atoms with Crippen molar-refractivity contribution < 1.29 is 4.79 Å². The van der Waals surface area contributed by atoms with Crippen LogP contribution in [0.3, 0.4) is 0 Å². The van der Waals surface area contributed by atoms with Gasteiger partial charge in [-0.2, -0.15) is 0 Å². The molecule has 1 aliphatic heterocycles. The Balaban J connectivity index is 2.12. The van der Waals surface area contributed by atoms with Gasteiger partial charge in [0.15, 0.2) is 0 Å². The van der Waals surface area contributed by atoms with Gasteiger partial charge in [0.05, 0.1) is 0 Å². The predicted octanol–water partition coefficient (Wildman–Crippen LogP) is 2.15. The molecule has 0 aromatic heterocycles. The van der Waals surface area contributed by atoms with Crippen molar-refractivity contribution in [3.05, 3.63) is 11.6 Å². The van der Waals surface area contributed by atoms with Crippen molar-refractivity contribution in [3.63, 3.8) is 0 Å². The molecule has 0 radical (unpaired) electrons. The Bertz CT molecular complexity index is 298. The highest BCUT2D eigenvalue weighted by Crippen LogP contribution is 2.35. The number of nitrogens with one attached hydrogen (secondary N) is 1. The minimum atomic E-state index is 0.0592. The average Bonchev–Trinajstić information content (AvgIpc) is 2.26. The van der Waals surface area contributed by atoms with Gasteiger partial charge in [0.1, 0.15) is 0 Å². The molecule has 1 fully saturated rings. The van der Waals surface area contributed by atoms with Crippen LogP contribution in [0.4, 0.5) is 4.79 Å². The number of rotatable bonds is 1. The zero-order valence-electron chi connectivity index (χ0n) is 9.68. The van der Waals surface area contributed by atoms with E-state index >= 15 is 0 Å². The van der Waals surface area contributed by atoms with Gasteiger partial charge < -0.3 is 10.2 Å². The number of carbonyl (C=O) groups is 1. The highest BCUT2D eigenvalue weighted by Gasteiger charge is 2.36. The van der Waals surface area contributed by atoms with E-state index in [1.807, 2.05) is 7.05 Å². The molecule has 2 aliphatic rings. The van der Waals surface area contributed by atoms with Crippen LogP contribution >= 0.6 is 0 Å². The molecular formula is C12H20N2O. The van der Waals surface area contributed by atoms with Crippen LogP contribution in [0.2, 0.25) is 0 Å². The maximum absolute atomic E-state index is 11.4. The molecule has 1 N–H and O–H groups in total. The summed E-state index contributed by atoms with van der Waals surface area (Å²) in [6.45, 7) is 3.91. The van der Waals surface area contributed by atoms with Crippen molar-refractivity contribution in [2.24, 2.45) is 5.41 Å². The molecule has 0 bridgehead atoms. The highest BCUT2D eigenvalue weighted by atomic mass is 16.2. The van der Waals surface area contributed by atoms with Gasteiger partial charge in [-0.05, 0) is 25.7 Å². The third kappa shape index (κ3) is 2.01. The summed E-state index contributed by atoms with van der Waals surface area (Å²) in [6.07, 6.45) is 7.43. The third-order valence-electron chi connectivity index (χ3n) is 3.63. The Kier molecular flexibility index (Phi) is 2.72. The van der Waals surface area contributed by atoms with Gasteiger partial charge in [-0.1, -0.05) is 18.6 Å². The van der Waals surface area contributed by atoms with Gasteiger partial charge in [0, 0.05) is 25.6 Å². The molecule has 1 atom stereocenters. The van der Waals surface area contributed by atoms with Crippen molar-refractivity contribution >= 4 is 6.03 Å². The lowest BCUT2D eigenvalue weighted by Crippen LogP contribution is -2.55. The van der Waals surface area contributed by atoms with E-state index in [4.69, 9.17) is 0 Å². The normalized spacial score (nSPS) is 32.3. The lowest BCUT2D eigenvalue weighted by molar-refractivity contribution is 0.158. The number of allylic oxidation sites excluding steroid dienone is 1. The van der Waals surface area contributed by atoms with E-state index in [0.29, 0.717) is 0 Å². The smallest absolute Gasteiger partial charge is 0.317 e. The van der Waals surface area contributed by atoms with E-state index in [1.165, 1.54) is 25.7 Å². The van der Waals surface area contributed by atoms with Crippen LogP contribution in [0, 0.1) is 5.41 Å². The number of hydrogen-bond donors (Lipinski definition) is 1. The molecule has 2 amide bonds. The monoisotopic (exact) mass is 208 g/mol. The first-order chi connectivity index (χ1) is 7.12. The minimum Gasteiger partial charge on any atom is -0.337 e. The van der Waals surface area contributed by atoms with Gasteiger partial charge in [-0.3, -0.25) is 0 Å². The molecule has 0 spiro atoms. The standard InChI is InChI=1S/C12H20N2O/c1-12(10-6-4-3-5-7-10)8-13-11(15)14(2)9-12/h6H,3-5,7-9H2,1-2H3,(H,13,15)/t12-/m1/s1. The van der Waals surface area contributed by atoms with Crippen LogP contribution in [-0.2, 0) is 0 Å². The number of nitrogens with zero attached hydrogens (tertiary/aromatic N) is 1. The molecule has 3 heteroatoms. The van der Waals surface area contributed by atoms with E-state index < -0.39 is 0 Å².